The fraction of sp³-hybridized carbons (Fsp3) is 0.562. The first kappa shape index (κ1) is 12.7. The van der Waals surface area contributed by atoms with E-state index in [1.807, 2.05) is 0 Å². The molecule has 1 aliphatic heterocycles. The molecule has 2 N–H and O–H groups in total. The van der Waals surface area contributed by atoms with Gasteiger partial charge in [-0.15, -0.1) is 0 Å². The van der Waals surface area contributed by atoms with Crippen molar-refractivity contribution in [3.8, 4) is 0 Å². The number of benzene rings is 1. The van der Waals surface area contributed by atoms with Gasteiger partial charge < -0.3 is 10.6 Å². The third-order valence-corrected chi connectivity index (χ3v) is 4.56. The molecule has 1 saturated heterocycles. The minimum atomic E-state index is 0.161. The molecule has 102 valence electrons. The molecular formula is C16H22N2O. The first-order chi connectivity index (χ1) is 9.28. The van der Waals surface area contributed by atoms with Gasteiger partial charge in [0.1, 0.15) is 0 Å². The van der Waals surface area contributed by atoms with Crippen molar-refractivity contribution in [2.24, 2.45) is 17.6 Å². The molecule has 0 spiro atoms. The molecule has 1 heterocycles. The second-order valence-corrected chi connectivity index (χ2v) is 5.90. The lowest BCUT2D eigenvalue weighted by Crippen LogP contribution is -2.44. The normalized spacial score (nSPS) is 23.4. The number of hydrogen-bond acceptors (Lipinski definition) is 2. The number of nitrogens with zero attached hydrogens (tertiary/aromatic N) is 1. The van der Waals surface area contributed by atoms with E-state index in [4.69, 9.17) is 5.73 Å². The highest BCUT2D eigenvalue weighted by Gasteiger charge is 2.32. The predicted molar refractivity (Wildman–Crippen MR) is 75.7 cm³/mol. The number of amides is 1. The molecule has 2 aliphatic rings. The summed E-state index contributed by atoms with van der Waals surface area (Å²) in [5.41, 5.74) is 8.46. The van der Waals surface area contributed by atoms with Crippen LogP contribution < -0.4 is 5.73 Å². The van der Waals surface area contributed by atoms with Crippen molar-refractivity contribution in [2.75, 3.05) is 19.6 Å². The summed E-state index contributed by atoms with van der Waals surface area (Å²) in [6, 6.07) is 8.44. The molecule has 0 radical (unpaired) electrons. The molecular weight excluding hydrogens is 236 g/mol. The summed E-state index contributed by atoms with van der Waals surface area (Å²) >= 11 is 0. The minimum Gasteiger partial charge on any atom is -0.342 e. The van der Waals surface area contributed by atoms with Crippen molar-refractivity contribution in [3.05, 3.63) is 35.4 Å². The molecule has 1 aliphatic carbocycles. The molecule has 0 saturated carbocycles. The zero-order chi connectivity index (χ0) is 13.2. The molecule has 1 atom stereocenters. The third kappa shape index (κ3) is 2.52. The van der Waals surface area contributed by atoms with E-state index in [0.29, 0.717) is 18.4 Å². The lowest BCUT2D eigenvalue weighted by molar-refractivity contribution is -0.137. The second kappa shape index (κ2) is 5.33. The molecule has 0 bridgehead atoms. The van der Waals surface area contributed by atoms with Crippen molar-refractivity contribution in [1.29, 1.82) is 0 Å². The standard InChI is InChI=1S/C16H22N2O/c17-10-12-4-3-7-18(11-12)16(19)15-8-13-5-1-2-6-14(13)9-15/h1-2,5-6,12,15H,3-4,7-11,17H2. The number of likely N-dealkylation sites (tertiary alicyclic amines) is 1. The average molecular weight is 258 g/mol. The van der Waals surface area contributed by atoms with E-state index in [2.05, 4.69) is 29.2 Å². The SMILES string of the molecule is NCC1CCCN(C(=O)C2Cc3ccccc3C2)C1. The predicted octanol–water partition coefficient (Wildman–Crippen LogP) is 1.60. The van der Waals surface area contributed by atoms with Gasteiger partial charge in [-0.25, -0.2) is 0 Å². The maximum absolute atomic E-state index is 12.6. The van der Waals surface area contributed by atoms with E-state index in [-0.39, 0.29) is 5.92 Å². The fourth-order valence-electron chi connectivity index (χ4n) is 3.45. The summed E-state index contributed by atoms with van der Waals surface area (Å²) in [6.07, 6.45) is 4.11. The number of fused-ring (bicyclic) bond motifs is 1. The van der Waals surface area contributed by atoms with Crippen LogP contribution in [0.15, 0.2) is 24.3 Å². The van der Waals surface area contributed by atoms with Crippen LogP contribution in [0.25, 0.3) is 0 Å². The Bertz CT molecular complexity index is 447. The highest BCUT2D eigenvalue weighted by molar-refractivity contribution is 5.80. The van der Waals surface area contributed by atoms with Gasteiger partial charge in [-0.05, 0) is 49.3 Å². The monoisotopic (exact) mass is 258 g/mol. The largest absolute Gasteiger partial charge is 0.342 e. The van der Waals surface area contributed by atoms with Crippen LogP contribution in [0.4, 0.5) is 0 Å². The molecule has 1 unspecified atom stereocenters. The van der Waals surface area contributed by atoms with Crippen LogP contribution in [0.1, 0.15) is 24.0 Å². The van der Waals surface area contributed by atoms with Crippen LogP contribution in [0.2, 0.25) is 0 Å². The summed E-state index contributed by atoms with van der Waals surface area (Å²) in [7, 11) is 0. The maximum Gasteiger partial charge on any atom is 0.226 e. The number of carbonyl (C=O) groups is 1. The van der Waals surface area contributed by atoms with E-state index >= 15 is 0 Å². The first-order valence-corrected chi connectivity index (χ1v) is 7.33. The quantitative estimate of drug-likeness (QED) is 0.876. The van der Waals surface area contributed by atoms with Crippen molar-refractivity contribution < 1.29 is 4.79 Å². The van der Waals surface area contributed by atoms with Crippen molar-refractivity contribution in [1.82, 2.24) is 4.90 Å². The third-order valence-electron chi connectivity index (χ3n) is 4.56. The Balaban J connectivity index is 1.66. The van der Waals surface area contributed by atoms with Crippen molar-refractivity contribution in [3.63, 3.8) is 0 Å². The summed E-state index contributed by atoms with van der Waals surface area (Å²) < 4.78 is 0. The Hall–Kier alpha value is -1.35. The molecule has 3 heteroatoms. The average Bonchev–Trinajstić information content (AvgIpc) is 2.90. The zero-order valence-corrected chi connectivity index (χ0v) is 11.3. The van der Waals surface area contributed by atoms with Crippen LogP contribution in [0, 0.1) is 11.8 Å². The van der Waals surface area contributed by atoms with Gasteiger partial charge in [0.25, 0.3) is 0 Å². The van der Waals surface area contributed by atoms with E-state index in [0.717, 1.165) is 32.4 Å². The van der Waals surface area contributed by atoms with Gasteiger partial charge in [-0.2, -0.15) is 0 Å². The highest BCUT2D eigenvalue weighted by atomic mass is 16.2. The molecule has 1 aromatic rings. The molecule has 3 nitrogen and oxygen atoms in total. The van der Waals surface area contributed by atoms with Crippen LogP contribution in [-0.4, -0.2) is 30.4 Å². The summed E-state index contributed by atoms with van der Waals surface area (Å²) in [6.45, 7) is 2.49. The van der Waals surface area contributed by atoms with E-state index in [1.54, 1.807) is 0 Å². The minimum absolute atomic E-state index is 0.161. The van der Waals surface area contributed by atoms with Gasteiger partial charge in [-0.3, -0.25) is 4.79 Å². The van der Waals surface area contributed by atoms with Crippen LogP contribution in [0.3, 0.4) is 0 Å². The molecule has 1 fully saturated rings. The Morgan fingerprint density at radius 2 is 1.95 bits per heavy atom. The van der Waals surface area contributed by atoms with Crippen LogP contribution in [0.5, 0.6) is 0 Å². The molecule has 3 rings (SSSR count). The summed E-state index contributed by atoms with van der Waals surface area (Å²) in [4.78, 5) is 14.7. The van der Waals surface area contributed by atoms with Crippen molar-refractivity contribution >= 4 is 5.91 Å². The van der Waals surface area contributed by atoms with E-state index < -0.39 is 0 Å². The summed E-state index contributed by atoms with van der Waals surface area (Å²) in [5, 5.41) is 0. The molecule has 1 aromatic carbocycles. The fourth-order valence-corrected chi connectivity index (χ4v) is 3.45. The number of piperidine rings is 1. The first-order valence-electron chi connectivity index (χ1n) is 7.33. The van der Waals surface area contributed by atoms with E-state index in [9.17, 15) is 4.79 Å². The molecule has 0 aromatic heterocycles. The van der Waals surface area contributed by atoms with Gasteiger partial charge >= 0.3 is 0 Å². The number of rotatable bonds is 2. The van der Waals surface area contributed by atoms with Crippen molar-refractivity contribution in [2.45, 2.75) is 25.7 Å². The van der Waals surface area contributed by atoms with Crippen LogP contribution >= 0.6 is 0 Å². The second-order valence-electron chi connectivity index (χ2n) is 5.90. The lowest BCUT2D eigenvalue weighted by Gasteiger charge is -2.33. The van der Waals surface area contributed by atoms with E-state index in [1.165, 1.54) is 17.5 Å². The van der Waals surface area contributed by atoms with Gasteiger partial charge in [0.15, 0.2) is 0 Å². The van der Waals surface area contributed by atoms with Gasteiger partial charge in [0.2, 0.25) is 5.91 Å². The highest BCUT2D eigenvalue weighted by Crippen LogP contribution is 2.29. The van der Waals surface area contributed by atoms with Gasteiger partial charge in [-0.1, -0.05) is 24.3 Å². The Morgan fingerprint density at radius 3 is 2.58 bits per heavy atom. The number of hydrogen-bond donors (Lipinski definition) is 1. The topological polar surface area (TPSA) is 46.3 Å². The smallest absolute Gasteiger partial charge is 0.226 e. The van der Waals surface area contributed by atoms with Gasteiger partial charge in [0, 0.05) is 19.0 Å². The van der Waals surface area contributed by atoms with Gasteiger partial charge in [0.05, 0.1) is 0 Å². The molecule has 1 amide bonds. The Labute approximate surface area is 114 Å². The lowest BCUT2D eigenvalue weighted by atomic mass is 9.96. The van der Waals surface area contributed by atoms with Crippen LogP contribution in [-0.2, 0) is 17.6 Å². The Morgan fingerprint density at radius 1 is 1.26 bits per heavy atom. The Kier molecular flexibility index (Phi) is 3.56. The number of nitrogens with two attached hydrogens (primary N) is 1. The molecule has 19 heavy (non-hydrogen) atoms. The number of carbonyl (C=O) groups excluding carboxylic acids is 1. The zero-order valence-electron chi connectivity index (χ0n) is 11.3. The summed E-state index contributed by atoms with van der Waals surface area (Å²) in [5.74, 6) is 1.00. The maximum atomic E-state index is 12.6.